The molecule has 80 valence electrons. The highest BCUT2D eigenvalue weighted by atomic mass is 16.1. The lowest BCUT2D eigenvalue weighted by Crippen LogP contribution is -2.26. The maximum Gasteiger partial charge on any atom is 0.220 e. The van der Waals surface area contributed by atoms with Crippen molar-refractivity contribution in [3.63, 3.8) is 0 Å². The SMILES string of the molecule is Cc1cccc(C2CCCCC(=O)N2)c1. The van der Waals surface area contributed by atoms with Crippen LogP contribution in [0.1, 0.15) is 42.9 Å². The van der Waals surface area contributed by atoms with Crippen LogP contribution in [-0.4, -0.2) is 5.91 Å². The molecule has 1 heterocycles. The highest BCUT2D eigenvalue weighted by molar-refractivity contribution is 5.76. The Morgan fingerprint density at radius 2 is 2.20 bits per heavy atom. The van der Waals surface area contributed by atoms with E-state index in [2.05, 4.69) is 36.5 Å². The quantitative estimate of drug-likeness (QED) is 0.747. The van der Waals surface area contributed by atoms with Gasteiger partial charge in [-0.1, -0.05) is 36.2 Å². The summed E-state index contributed by atoms with van der Waals surface area (Å²) < 4.78 is 0. The third-order valence-electron chi connectivity index (χ3n) is 2.93. The Labute approximate surface area is 90.7 Å². The summed E-state index contributed by atoms with van der Waals surface area (Å²) in [5.74, 6) is 0.194. The molecule has 1 aliphatic heterocycles. The number of nitrogens with one attached hydrogen (secondary N) is 1. The molecule has 15 heavy (non-hydrogen) atoms. The lowest BCUT2D eigenvalue weighted by Gasteiger charge is -2.16. The number of carbonyl (C=O) groups excluding carboxylic acids is 1. The first-order valence-corrected chi connectivity index (χ1v) is 5.61. The van der Waals surface area contributed by atoms with E-state index in [1.54, 1.807) is 0 Å². The van der Waals surface area contributed by atoms with Crippen LogP contribution in [0, 0.1) is 6.92 Å². The van der Waals surface area contributed by atoms with Crippen LogP contribution in [-0.2, 0) is 4.79 Å². The summed E-state index contributed by atoms with van der Waals surface area (Å²) in [7, 11) is 0. The van der Waals surface area contributed by atoms with E-state index < -0.39 is 0 Å². The van der Waals surface area contributed by atoms with Crippen LogP contribution in [0.5, 0.6) is 0 Å². The zero-order valence-corrected chi connectivity index (χ0v) is 9.12. The van der Waals surface area contributed by atoms with Gasteiger partial charge in [-0.05, 0) is 25.3 Å². The third-order valence-corrected chi connectivity index (χ3v) is 2.93. The highest BCUT2D eigenvalue weighted by Gasteiger charge is 2.17. The van der Waals surface area contributed by atoms with Crippen LogP contribution in [0.25, 0.3) is 0 Å². The maximum atomic E-state index is 11.4. The Bertz CT molecular complexity index is 359. The van der Waals surface area contributed by atoms with E-state index in [9.17, 15) is 4.79 Å². The second-order valence-corrected chi connectivity index (χ2v) is 4.28. The molecule has 1 fully saturated rings. The van der Waals surface area contributed by atoms with Gasteiger partial charge in [-0.3, -0.25) is 4.79 Å². The third kappa shape index (κ3) is 2.58. The molecule has 2 heteroatoms. The molecule has 1 aromatic rings. The van der Waals surface area contributed by atoms with Crippen molar-refractivity contribution in [1.82, 2.24) is 5.32 Å². The van der Waals surface area contributed by atoms with Gasteiger partial charge in [0.05, 0.1) is 6.04 Å². The summed E-state index contributed by atoms with van der Waals surface area (Å²) >= 11 is 0. The van der Waals surface area contributed by atoms with Crippen molar-refractivity contribution in [2.75, 3.05) is 0 Å². The van der Waals surface area contributed by atoms with Gasteiger partial charge in [-0.2, -0.15) is 0 Å². The van der Waals surface area contributed by atoms with Crippen molar-refractivity contribution in [1.29, 1.82) is 0 Å². The van der Waals surface area contributed by atoms with E-state index in [0.717, 1.165) is 19.3 Å². The van der Waals surface area contributed by atoms with E-state index in [1.807, 2.05) is 0 Å². The van der Waals surface area contributed by atoms with Crippen molar-refractivity contribution in [3.8, 4) is 0 Å². The first-order chi connectivity index (χ1) is 7.25. The number of amides is 1. The van der Waals surface area contributed by atoms with Gasteiger partial charge in [0.25, 0.3) is 0 Å². The smallest absolute Gasteiger partial charge is 0.220 e. The summed E-state index contributed by atoms with van der Waals surface area (Å²) in [6.45, 7) is 2.09. The summed E-state index contributed by atoms with van der Waals surface area (Å²) in [5, 5.41) is 3.08. The average Bonchev–Trinajstić information content (AvgIpc) is 2.43. The molecule has 1 saturated heterocycles. The highest BCUT2D eigenvalue weighted by Crippen LogP contribution is 2.23. The monoisotopic (exact) mass is 203 g/mol. The largest absolute Gasteiger partial charge is 0.349 e. The Morgan fingerprint density at radius 3 is 3.00 bits per heavy atom. The first kappa shape index (κ1) is 10.2. The van der Waals surface area contributed by atoms with Gasteiger partial charge in [0.1, 0.15) is 0 Å². The van der Waals surface area contributed by atoms with Gasteiger partial charge in [0.2, 0.25) is 5.91 Å². The molecule has 1 amide bonds. The van der Waals surface area contributed by atoms with Gasteiger partial charge >= 0.3 is 0 Å². The Kier molecular flexibility index (Phi) is 3.05. The number of rotatable bonds is 1. The minimum atomic E-state index is 0.194. The standard InChI is InChI=1S/C13H17NO/c1-10-5-4-6-11(9-10)12-7-2-3-8-13(15)14-12/h4-6,9,12H,2-3,7-8H2,1H3,(H,14,15). The molecule has 0 bridgehead atoms. The minimum Gasteiger partial charge on any atom is -0.349 e. The number of aryl methyl sites for hydroxylation is 1. The molecule has 2 nitrogen and oxygen atoms in total. The van der Waals surface area contributed by atoms with Crippen molar-refractivity contribution in [2.24, 2.45) is 0 Å². The normalized spacial score (nSPS) is 21.9. The predicted octanol–water partition coefficient (Wildman–Crippen LogP) is 2.73. The number of hydrogen-bond donors (Lipinski definition) is 1. The van der Waals surface area contributed by atoms with Gasteiger partial charge in [0.15, 0.2) is 0 Å². The Hall–Kier alpha value is -1.31. The van der Waals surface area contributed by atoms with Crippen LogP contribution in [0.3, 0.4) is 0 Å². The van der Waals surface area contributed by atoms with E-state index in [4.69, 9.17) is 0 Å². The average molecular weight is 203 g/mol. The van der Waals surface area contributed by atoms with Crippen molar-refractivity contribution in [3.05, 3.63) is 35.4 Å². The molecule has 2 rings (SSSR count). The molecule has 1 aliphatic rings. The topological polar surface area (TPSA) is 29.1 Å². The molecule has 1 aromatic carbocycles. The molecule has 1 atom stereocenters. The molecule has 1 unspecified atom stereocenters. The van der Waals surface area contributed by atoms with E-state index in [0.29, 0.717) is 6.42 Å². The van der Waals surface area contributed by atoms with Crippen LogP contribution >= 0.6 is 0 Å². The number of hydrogen-bond acceptors (Lipinski definition) is 1. The van der Waals surface area contributed by atoms with Gasteiger partial charge in [0, 0.05) is 6.42 Å². The summed E-state index contributed by atoms with van der Waals surface area (Å²) in [6, 6.07) is 8.63. The fraction of sp³-hybridized carbons (Fsp3) is 0.462. The summed E-state index contributed by atoms with van der Waals surface area (Å²) in [6.07, 6.45) is 3.91. The molecule has 0 spiro atoms. The van der Waals surface area contributed by atoms with E-state index in [-0.39, 0.29) is 11.9 Å². The van der Waals surface area contributed by atoms with Crippen molar-refractivity contribution < 1.29 is 4.79 Å². The van der Waals surface area contributed by atoms with Gasteiger partial charge in [-0.15, -0.1) is 0 Å². The molecule has 0 aliphatic carbocycles. The van der Waals surface area contributed by atoms with E-state index in [1.165, 1.54) is 11.1 Å². The van der Waals surface area contributed by atoms with Crippen molar-refractivity contribution in [2.45, 2.75) is 38.6 Å². The van der Waals surface area contributed by atoms with Crippen LogP contribution in [0.2, 0.25) is 0 Å². The predicted molar refractivity (Wildman–Crippen MR) is 60.5 cm³/mol. The second-order valence-electron chi connectivity index (χ2n) is 4.28. The Morgan fingerprint density at radius 1 is 1.33 bits per heavy atom. The zero-order chi connectivity index (χ0) is 10.7. The molecular weight excluding hydrogens is 186 g/mol. The summed E-state index contributed by atoms with van der Waals surface area (Å²) in [4.78, 5) is 11.4. The fourth-order valence-electron chi connectivity index (χ4n) is 2.11. The van der Waals surface area contributed by atoms with Crippen LogP contribution < -0.4 is 5.32 Å². The Balaban J connectivity index is 2.18. The maximum absolute atomic E-state index is 11.4. The second kappa shape index (κ2) is 4.47. The van der Waals surface area contributed by atoms with E-state index >= 15 is 0 Å². The molecule has 0 aromatic heterocycles. The minimum absolute atomic E-state index is 0.194. The lowest BCUT2D eigenvalue weighted by atomic mass is 10.0. The number of carbonyl (C=O) groups is 1. The fourth-order valence-corrected chi connectivity index (χ4v) is 2.11. The van der Waals surface area contributed by atoms with Crippen molar-refractivity contribution >= 4 is 5.91 Å². The summed E-state index contributed by atoms with van der Waals surface area (Å²) in [5.41, 5.74) is 2.50. The van der Waals surface area contributed by atoms with Gasteiger partial charge in [-0.25, -0.2) is 0 Å². The van der Waals surface area contributed by atoms with Crippen LogP contribution in [0.4, 0.5) is 0 Å². The molecule has 1 N–H and O–H groups in total. The van der Waals surface area contributed by atoms with Gasteiger partial charge < -0.3 is 5.32 Å². The zero-order valence-electron chi connectivity index (χ0n) is 9.12. The first-order valence-electron chi connectivity index (χ1n) is 5.61. The number of benzene rings is 1. The molecule has 0 radical (unpaired) electrons. The van der Waals surface area contributed by atoms with Crippen LogP contribution in [0.15, 0.2) is 24.3 Å². The molecular formula is C13H17NO. The molecule has 0 saturated carbocycles. The lowest BCUT2D eigenvalue weighted by molar-refractivity contribution is -0.121.